The van der Waals surface area contributed by atoms with Gasteiger partial charge in [-0.2, -0.15) is 26.3 Å². The molecule has 4 aliphatic carbocycles. The molecule has 0 radical (unpaired) electrons. The molecule has 0 saturated heterocycles. The number of aromatic nitrogens is 1. The van der Waals surface area contributed by atoms with Gasteiger partial charge < -0.3 is 9.11 Å². The Morgan fingerprint density at radius 1 is 0.569 bits per heavy atom. The van der Waals surface area contributed by atoms with E-state index in [4.69, 9.17) is 30.9 Å². The second-order valence-electron chi connectivity index (χ2n) is 14.6. The lowest BCUT2D eigenvalue weighted by atomic mass is 9.99. The van der Waals surface area contributed by atoms with Crippen LogP contribution in [0.5, 0.6) is 0 Å². The van der Waals surface area contributed by atoms with Crippen molar-refractivity contribution in [3.8, 4) is 0 Å². The van der Waals surface area contributed by atoms with E-state index in [0.29, 0.717) is 0 Å². The van der Waals surface area contributed by atoms with Crippen LogP contribution in [0.2, 0.25) is 0 Å². The van der Waals surface area contributed by atoms with Crippen molar-refractivity contribution in [3.63, 3.8) is 0 Å². The Bertz CT molecular complexity index is 1290. The number of pyridine rings is 1. The van der Waals surface area contributed by atoms with E-state index < -0.39 is 45.2 Å². The van der Waals surface area contributed by atoms with E-state index in [1.807, 2.05) is 0 Å². The zero-order valence-electron chi connectivity index (χ0n) is 29.6. The number of alkyl halides is 6. The van der Waals surface area contributed by atoms with Crippen molar-refractivity contribution in [2.45, 2.75) is 162 Å². The van der Waals surface area contributed by atoms with Crippen LogP contribution in [-0.2, 0) is 20.2 Å². The van der Waals surface area contributed by atoms with Crippen LogP contribution in [0.25, 0.3) is 0 Å². The maximum Gasteiger partial charge on any atom is 0.485 e. The SMILES string of the molecule is C[P+](C1CCCCC1)(C1CCCCC1)P(c1ccccn1)[P+](C)(C1CCCCC1)C1CCCCC1.O=S(=O)([O-])C(F)(F)F.O=S(=O)([O-])C(F)(F)F. The minimum atomic E-state index is -6.09. The molecule has 0 N–H and O–H groups in total. The van der Waals surface area contributed by atoms with Crippen molar-refractivity contribution < 1.29 is 52.3 Å². The molecule has 0 spiro atoms. The normalized spacial score (nSPS) is 21.7. The molecule has 5 rings (SSSR count). The van der Waals surface area contributed by atoms with E-state index in [1.165, 1.54) is 77.0 Å². The molecule has 0 aromatic carbocycles. The van der Waals surface area contributed by atoms with Gasteiger partial charge in [-0.3, -0.25) is 0 Å². The van der Waals surface area contributed by atoms with Crippen molar-refractivity contribution >= 4 is 46.9 Å². The molecule has 4 aliphatic rings. The number of hydrogen-bond acceptors (Lipinski definition) is 7. The minimum Gasteiger partial charge on any atom is -0.741 e. The average Bonchev–Trinajstić information content (AvgIpc) is 3.09. The highest BCUT2D eigenvalue weighted by Gasteiger charge is 2.70. The molecular weight excluding hydrogens is 777 g/mol. The van der Waals surface area contributed by atoms with Gasteiger partial charge in [0.15, 0.2) is 20.2 Å². The molecule has 4 saturated carbocycles. The molecule has 0 bridgehead atoms. The van der Waals surface area contributed by atoms with Crippen LogP contribution in [0, 0.1) is 0 Å². The second-order valence-corrected chi connectivity index (χ2v) is 34.2. The summed E-state index contributed by atoms with van der Waals surface area (Å²) in [5.41, 5.74) is -5.43. The quantitative estimate of drug-likeness (QED) is 0.116. The van der Waals surface area contributed by atoms with Gasteiger partial charge >= 0.3 is 11.0 Å². The number of hydrogen-bond donors (Lipinski definition) is 0. The van der Waals surface area contributed by atoms with Crippen molar-refractivity contribution in [1.29, 1.82) is 0 Å². The highest BCUT2D eigenvalue weighted by molar-refractivity contribution is 8.72. The van der Waals surface area contributed by atoms with Gasteiger partial charge in [-0.05, 0) is 115 Å². The molecule has 0 amide bonds. The fourth-order valence-electron chi connectivity index (χ4n) is 8.96. The van der Waals surface area contributed by atoms with Crippen LogP contribution < -0.4 is 5.44 Å². The van der Waals surface area contributed by atoms with E-state index >= 15 is 0 Å². The zero-order chi connectivity index (χ0) is 38.1. The number of rotatable bonds is 7. The minimum absolute atomic E-state index is 0.127. The first-order chi connectivity index (χ1) is 23.6. The maximum atomic E-state index is 10.7. The van der Waals surface area contributed by atoms with Crippen LogP contribution >= 0.6 is 21.2 Å². The standard InChI is InChI=1S/C31H54NP3.2CHF3O3S/c1-34(27-17-7-3-8-18-27,28-19-9-4-10-20-28)33(31-25-15-16-26-32-31)35(2,29-21-11-5-12-22-29)30-23-13-6-14-24-30;2*2-1(3,4)8(5,6)7/h15-16,25-30H,3-14,17-24H2,1-2H3;2*(H,5,6,7)/q+2;;/p-2. The first-order valence-electron chi connectivity index (χ1n) is 18.1. The predicted molar refractivity (Wildman–Crippen MR) is 195 cm³/mol. The Morgan fingerprint density at radius 3 is 1.02 bits per heavy atom. The van der Waals surface area contributed by atoms with Gasteiger partial charge in [0.05, 0.1) is 49.9 Å². The summed E-state index contributed by atoms with van der Waals surface area (Å²) >= 11 is 0. The van der Waals surface area contributed by atoms with Gasteiger partial charge in [0.2, 0.25) is 0 Å². The maximum absolute atomic E-state index is 10.7. The fourth-order valence-corrected chi connectivity index (χ4v) is 44.2. The summed E-state index contributed by atoms with van der Waals surface area (Å²) in [5.74, 6) is 0. The summed E-state index contributed by atoms with van der Waals surface area (Å²) in [5, 5.41) is 0. The molecule has 4 fully saturated rings. The topological polar surface area (TPSA) is 127 Å². The lowest BCUT2D eigenvalue weighted by molar-refractivity contribution is -0.0522. The Hall–Kier alpha value is -0.160. The summed E-state index contributed by atoms with van der Waals surface area (Å²) in [4.78, 5) is 5.38. The Labute approximate surface area is 303 Å². The van der Waals surface area contributed by atoms with Crippen LogP contribution in [0.1, 0.15) is 128 Å². The Morgan fingerprint density at radius 2 is 0.824 bits per heavy atom. The average molecular weight is 832 g/mol. The van der Waals surface area contributed by atoms with E-state index in [2.05, 4.69) is 37.7 Å². The third kappa shape index (κ3) is 11.9. The van der Waals surface area contributed by atoms with Crippen molar-refractivity contribution in [1.82, 2.24) is 4.98 Å². The van der Waals surface area contributed by atoms with Gasteiger partial charge in [0.1, 0.15) is 5.44 Å². The van der Waals surface area contributed by atoms with Crippen LogP contribution in [0.3, 0.4) is 0 Å². The van der Waals surface area contributed by atoms with E-state index in [9.17, 15) is 26.3 Å². The van der Waals surface area contributed by atoms with Crippen LogP contribution in [-0.4, -0.2) is 77.9 Å². The fraction of sp³-hybridized carbons (Fsp3) is 0.848. The first kappa shape index (κ1) is 45.2. The zero-order valence-corrected chi connectivity index (χ0v) is 33.9. The molecule has 1 aromatic heterocycles. The van der Waals surface area contributed by atoms with E-state index in [-0.39, 0.29) is 7.30 Å². The third-order valence-electron chi connectivity index (χ3n) is 11.5. The van der Waals surface area contributed by atoms with Crippen molar-refractivity contribution in [2.24, 2.45) is 0 Å². The van der Waals surface area contributed by atoms with E-state index in [0.717, 1.165) is 22.6 Å². The summed E-state index contributed by atoms with van der Waals surface area (Å²) in [6, 6.07) is 7.13. The summed E-state index contributed by atoms with van der Waals surface area (Å²) in [6.45, 7) is 3.70. The van der Waals surface area contributed by atoms with Gasteiger partial charge in [0, 0.05) is 6.20 Å². The van der Waals surface area contributed by atoms with Gasteiger partial charge in [-0.15, -0.1) is 0 Å². The summed E-state index contributed by atoms with van der Waals surface area (Å²) < 4.78 is 118. The number of halogens is 6. The molecule has 1 heterocycles. The molecule has 18 heteroatoms. The lowest BCUT2D eigenvalue weighted by Gasteiger charge is -2.51. The molecule has 0 unspecified atom stereocenters. The molecule has 0 atom stereocenters. The van der Waals surface area contributed by atoms with Crippen molar-refractivity contribution in [3.05, 3.63) is 24.4 Å². The molecule has 7 nitrogen and oxygen atoms in total. The van der Waals surface area contributed by atoms with Gasteiger partial charge in [0.25, 0.3) is 7.30 Å². The molecule has 1 aromatic rings. The summed E-state index contributed by atoms with van der Waals surface area (Å²) in [7, 11) is -12.3. The molecule has 296 valence electrons. The van der Waals surface area contributed by atoms with Gasteiger partial charge in [-0.25, -0.2) is 21.8 Å². The summed E-state index contributed by atoms with van der Waals surface area (Å²) in [6.07, 6.45) is 32.8. The second kappa shape index (κ2) is 19.1. The van der Waals surface area contributed by atoms with Crippen LogP contribution in [0.4, 0.5) is 26.3 Å². The highest BCUT2D eigenvalue weighted by atomic mass is 32.5. The molecule has 51 heavy (non-hydrogen) atoms. The molecular formula is C33H54F6NO6P3S2. The first-order valence-corrected chi connectivity index (χ1v) is 28.4. The lowest BCUT2D eigenvalue weighted by Crippen LogP contribution is -2.34. The predicted octanol–water partition coefficient (Wildman–Crippen LogP) is 10.7. The molecule has 0 aliphatic heterocycles. The van der Waals surface area contributed by atoms with Gasteiger partial charge in [-0.1, -0.05) is 31.7 Å². The Balaban J connectivity index is 0.000000366. The monoisotopic (exact) mass is 831 g/mol. The van der Waals surface area contributed by atoms with Crippen LogP contribution in [0.15, 0.2) is 24.4 Å². The highest BCUT2D eigenvalue weighted by Crippen LogP contribution is 3.07. The number of nitrogens with zero attached hydrogens (tertiary/aromatic N) is 1. The third-order valence-corrected chi connectivity index (χ3v) is 39.9. The van der Waals surface area contributed by atoms with Crippen molar-refractivity contribution in [2.75, 3.05) is 13.3 Å². The largest absolute Gasteiger partial charge is 0.741 e. The Kier molecular flexibility index (Phi) is 17.0. The smallest absolute Gasteiger partial charge is 0.485 e. The van der Waals surface area contributed by atoms with E-state index in [1.54, 1.807) is 56.8 Å².